The molecule has 0 amide bonds. The number of halogens is 1. The van der Waals surface area contributed by atoms with Gasteiger partial charge in [-0.3, -0.25) is 0 Å². The van der Waals surface area contributed by atoms with Crippen molar-refractivity contribution in [1.82, 2.24) is 5.32 Å². The van der Waals surface area contributed by atoms with Gasteiger partial charge in [0.05, 0.1) is 7.11 Å². The second kappa shape index (κ2) is 8.57. The maximum Gasteiger partial charge on any atom is 0.122 e. The summed E-state index contributed by atoms with van der Waals surface area (Å²) < 4.78 is 6.66. The predicted octanol–water partition coefficient (Wildman–Crippen LogP) is 4.53. The lowest BCUT2D eigenvalue weighted by atomic mass is 9.94. The SMILES string of the molecule is CCNCC(Cc1cc(Br)cs1)Cc1ccccc1OC. The Labute approximate surface area is 139 Å². The fourth-order valence-electron chi connectivity index (χ4n) is 2.49. The van der Waals surface area contributed by atoms with Crippen LogP contribution in [0.25, 0.3) is 0 Å². The molecule has 1 atom stereocenters. The van der Waals surface area contributed by atoms with Gasteiger partial charge >= 0.3 is 0 Å². The average molecular weight is 368 g/mol. The fraction of sp³-hybridized carbons (Fsp3) is 0.412. The van der Waals surface area contributed by atoms with Gasteiger partial charge in [0.25, 0.3) is 0 Å². The Morgan fingerprint density at radius 3 is 2.76 bits per heavy atom. The van der Waals surface area contributed by atoms with E-state index in [4.69, 9.17) is 4.74 Å². The van der Waals surface area contributed by atoms with Crippen LogP contribution in [0.2, 0.25) is 0 Å². The van der Waals surface area contributed by atoms with Crippen molar-refractivity contribution in [3.8, 4) is 5.75 Å². The molecule has 0 spiro atoms. The number of methoxy groups -OCH3 is 1. The summed E-state index contributed by atoms with van der Waals surface area (Å²) in [5.41, 5.74) is 1.29. The number of rotatable bonds is 8. The zero-order chi connectivity index (χ0) is 15.1. The van der Waals surface area contributed by atoms with E-state index in [0.29, 0.717) is 5.92 Å². The number of thiophene rings is 1. The molecule has 1 aromatic heterocycles. The molecule has 2 aromatic rings. The van der Waals surface area contributed by atoms with E-state index in [2.05, 4.69) is 51.7 Å². The van der Waals surface area contributed by atoms with Gasteiger partial charge in [-0.2, -0.15) is 0 Å². The van der Waals surface area contributed by atoms with Crippen LogP contribution in [0.1, 0.15) is 17.4 Å². The molecule has 0 aliphatic rings. The molecule has 0 bridgehead atoms. The van der Waals surface area contributed by atoms with Gasteiger partial charge < -0.3 is 10.1 Å². The van der Waals surface area contributed by atoms with Crippen LogP contribution in [0.4, 0.5) is 0 Å². The molecule has 0 fully saturated rings. The van der Waals surface area contributed by atoms with Gasteiger partial charge in [-0.05, 0) is 65.5 Å². The molecule has 1 heterocycles. The summed E-state index contributed by atoms with van der Waals surface area (Å²) in [4.78, 5) is 1.43. The van der Waals surface area contributed by atoms with E-state index < -0.39 is 0 Å². The van der Waals surface area contributed by atoms with Gasteiger partial charge in [0.2, 0.25) is 0 Å². The standard InChI is InChI=1S/C17H22BrNOS/c1-3-19-11-13(9-16-10-15(18)12-21-16)8-14-6-4-5-7-17(14)20-2/h4-7,10,12-13,19H,3,8-9,11H2,1-2H3. The molecule has 0 aliphatic heterocycles. The van der Waals surface area contributed by atoms with Crippen molar-refractivity contribution in [3.63, 3.8) is 0 Å². The highest BCUT2D eigenvalue weighted by Gasteiger charge is 2.14. The second-order valence-electron chi connectivity index (χ2n) is 5.13. The van der Waals surface area contributed by atoms with Crippen molar-refractivity contribution in [3.05, 3.63) is 50.6 Å². The van der Waals surface area contributed by atoms with E-state index in [1.165, 1.54) is 14.9 Å². The Morgan fingerprint density at radius 2 is 2.10 bits per heavy atom. The molecule has 0 saturated carbocycles. The molecule has 0 aliphatic carbocycles. The Morgan fingerprint density at radius 1 is 1.29 bits per heavy atom. The minimum Gasteiger partial charge on any atom is -0.496 e. The summed E-state index contributed by atoms with van der Waals surface area (Å²) >= 11 is 5.37. The molecule has 1 unspecified atom stereocenters. The highest BCUT2D eigenvalue weighted by atomic mass is 79.9. The van der Waals surface area contributed by atoms with Crippen LogP contribution in [-0.4, -0.2) is 20.2 Å². The first-order valence-electron chi connectivity index (χ1n) is 7.28. The predicted molar refractivity (Wildman–Crippen MR) is 94.5 cm³/mol. The highest BCUT2D eigenvalue weighted by molar-refractivity contribution is 9.10. The third-order valence-electron chi connectivity index (χ3n) is 3.50. The van der Waals surface area contributed by atoms with Crippen LogP contribution < -0.4 is 10.1 Å². The van der Waals surface area contributed by atoms with Crippen molar-refractivity contribution in [1.29, 1.82) is 0 Å². The highest BCUT2D eigenvalue weighted by Crippen LogP contribution is 2.26. The van der Waals surface area contributed by atoms with Gasteiger partial charge in [0, 0.05) is 14.7 Å². The molecule has 2 nitrogen and oxygen atoms in total. The van der Waals surface area contributed by atoms with Crippen LogP contribution >= 0.6 is 27.3 Å². The topological polar surface area (TPSA) is 21.3 Å². The van der Waals surface area contributed by atoms with E-state index in [1.54, 1.807) is 7.11 Å². The molecular weight excluding hydrogens is 346 g/mol. The van der Waals surface area contributed by atoms with Gasteiger partial charge in [0.1, 0.15) is 5.75 Å². The summed E-state index contributed by atoms with van der Waals surface area (Å²) in [5, 5.41) is 5.64. The van der Waals surface area contributed by atoms with E-state index in [-0.39, 0.29) is 0 Å². The Balaban J connectivity index is 2.08. The van der Waals surface area contributed by atoms with Gasteiger partial charge in [-0.15, -0.1) is 11.3 Å². The number of para-hydroxylation sites is 1. The number of hydrogen-bond acceptors (Lipinski definition) is 3. The summed E-state index contributed by atoms with van der Waals surface area (Å²) in [6.07, 6.45) is 2.13. The van der Waals surface area contributed by atoms with Crippen molar-refractivity contribution in [2.45, 2.75) is 19.8 Å². The third kappa shape index (κ3) is 5.13. The minimum absolute atomic E-state index is 0.576. The maximum absolute atomic E-state index is 5.48. The van der Waals surface area contributed by atoms with Crippen LogP contribution in [0.3, 0.4) is 0 Å². The molecule has 114 valence electrons. The summed E-state index contributed by atoms with van der Waals surface area (Å²) in [6.45, 7) is 4.20. The maximum atomic E-state index is 5.48. The normalized spacial score (nSPS) is 12.3. The molecule has 0 saturated heterocycles. The smallest absolute Gasteiger partial charge is 0.122 e. The van der Waals surface area contributed by atoms with Crippen molar-refractivity contribution < 1.29 is 4.74 Å². The van der Waals surface area contributed by atoms with Crippen molar-refractivity contribution in [2.75, 3.05) is 20.2 Å². The van der Waals surface area contributed by atoms with E-state index in [1.807, 2.05) is 23.5 Å². The lowest BCUT2D eigenvalue weighted by Crippen LogP contribution is -2.25. The molecule has 1 aromatic carbocycles. The first-order valence-corrected chi connectivity index (χ1v) is 8.95. The number of nitrogens with one attached hydrogen (secondary N) is 1. The first kappa shape index (κ1) is 16.5. The van der Waals surface area contributed by atoms with Gasteiger partial charge in [0.15, 0.2) is 0 Å². The Hall–Kier alpha value is -0.840. The van der Waals surface area contributed by atoms with Crippen LogP contribution in [0.15, 0.2) is 40.2 Å². The lowest BCUT2D eigenvalue weighted by Gasteiger charge is -2.18. The quantitative estimate of drug-likeness (QED) is 0.739. The molecule has 21 heavy (non-hydrogen) atoms. The third-order valence-corrected chi connectivity index (χ3v) is 5.22. The zero-order valence-corrected chi connectivity index (χ0v) is 15.0. The summed E-state index contributed by atoms with van der Waals surface area (Å²) in [6, 6.07) is 10.6. The van der Waals surface area contributed by atoms with Crippen molar-refractivity contribution in [2.24, 2.45) is 5.92 Å². The molecular formula is C17H22BrNOS. The van der Waals surface area contributed by atoms with Crippen LogP contribution in [0.5, 0.6) is 5.75 Å². The summed E-state index contributed by atoms with van der Waals surface area (Å²) in [7, 11) is 1.74. The van der Waals surface area contributed by atoms with E-state index in [9.17, 15) is 0 Å². The largest absolute Gasteiger partial charge is 0.496 e. The van der Waals surface area contributed by atoms with Gasteiger partial charge in [-0.25, -0.2) is 0 Å². The monoisotopic (exact) mass is 367 g/mol. The minimum atomic E-state index is 0.576. The zero-order valence-electron chi connectivity index (χ0n) is 12.6. The van der Waals surface area contributed by atoms with E-state index in [0.717, 1.165) is 31.7 Å². The Bertz CT molecular complexity index is 555. The first-order chi connectivity index (χ1) is 10.2. The fourth-order valence-corrected chi connectivity index (χ4v) is 4.06. The number of benzene rings is 1. The molecule has 2 rings (SSSR count). The van der Waals surface area contributed by atoms with Crippen LogP contribution in [-0.2, 0) is 12.8 Å². The van der Waals surface area contributed by atoms with Gasteiger partial charge in [-0.1, -0.05) is 25.1 Å². The number of hydrogen-bond donors (Lipinski definition) is 1. The van der Waals surface area contributed by atoms with Crippen LogP contribution in [0, 0.1) is 5.92 Å². The Kier molecular flexibility index (Phi) is 6.74. The average Bonchev–Trinajstić information content (AvgIpc) is 2.90. The summed E-state index contributed by atoms with van der Waals surface area (Å²) in [5.74, 6) is 1.57. The molecule has 4 heteroatoms. The number of ether oxygens (including phenoxy) is 1. The molecule has 0 radical (unpaired) electrons. The molecule has 1 N–H and O–H groups in total. The lowest BCUT2D eigenvalue weighted by molar-refractivity contribution is 0.401. The van der Waals surface area contributed by atoms with Crippen molar-refractivity contribution >= 4 is 27.3 Å². The second-order valence-corrected chi connectivity index (χ2v) is 7.04. The van der Waals surface area contributed by atoms with E-state index >= 15 is 0 Å².